The van der Waals surface area contributed by atoms with Crippen LogP contribution in [0.15, 0.2) is 36.4 Å². The molecule has 2 rings (SSSR count). The van der Waals surface area contributed by atoms with Crippen LogP contribution in [0.25, 0.3) is 0 Å². The molecule has 0 aliphatic carbocycles. The van der Waals surface area contributed by atoms with Gasteiger partial charge in [0.15, 0.2) is 0 Å². The summed E-state index contributed by atoms with van der Waals surface area (Å²) >= 11 is 0. The van der Waals surface area contributed by atoms with Crippen molar-refractivity contribution in [3.63, 3.8) is 0 Å². The maximum Gasteiger partial charge on any atom is 0.336 e. The quantitative estimate of drug-likeness (QED) is 0.506. The normalized spacial score (nSPS) is 9.34. The molecule has 0 heterocycles. The summed E-state index contributed by atoms with van der Waals surface area (Å²) in [6, 6.07) is 8.39. The molecule has 2 aromatic carbocycles. The summed E-state index contributed by atoms with van der Waals surface area (Å²) in [5.74, 6) is -4.92. The summed E-state index contributed by atoms with van der Waals surface area (Å²) in [6.07, 6.45) is 0. The number of benzene rings is 2. The third-order valence-corrected chi connectivity index (χ3v) is 3.62. The molecule has 0 bridgehead atoms. The van der Waals surface area contributed by atoms with Crippen molar-refractivity contribution >= 4 is 29.6 Å². The zero-order chi connectivity index (χ0) is 21.6. The predicted octanol–water partition coefficient (Wildman–Crippen LogP) is 2.54. The van der Waals surface area contributed by atoms with Crippen molar-refractivity contribution in [3.05, 3.63) is 64.2 Å². The summed E-state index contributed by atoms with van der Waals surface area (Å²) in [5, 5.41) is 34.9. The van der Waals surface area contributed by atoms with E-state index in [0.717, 1.165) is 5.56 Å². The van der Waals surface area contributed by atoms with Gasteiger partial charge in [-0.15, -0.1) is 0 Å². The number of hydrogen-bond donors (Lipinski definition) is 4. The van der Waals surface area contributed by atoms with Gasteiger partial charge in [-0.1, -0.05) is 11.6 Å². The van der Waals surface area contributed by atoms with Gasteiger partial charge in [0.1, 0.15) is 0 Å². The Hall–Kier alpha value is -3.00. The standard InChI is InChI=1S/C10H11NO4.C9H8O4.Zr/c1-11(2)6-3-4-7(9(12)13)8(5-6)10(14)15;1-5-2-3-6(8(10)11)7(4-5)9(12)13;/h3-5H,1-2H3,(H,12,13)(H,14,15);2-4H,1H3,(H,10,11)(H,12,13);. The van der Waals surface area contributed by atoms with Gasteiger partial charge in [-0.05, 0) is 37.3 Å². The maximum atomic E-state index is 10.8. The van der Waals surface area contributed by atoms with Crippen LogP contribution < -0.4 is 4.90 Å². The minimum atomic E-state index is -1.24. The van der Waals surface area contributed by atoms with E-state index in [9.17, 15) is 19.2 Å². The van der Waals surface area contributed by atoms with E-state index in [4.69, 9.17) is 20.4 Å². The molecule has 10 heteroatoms. The smallest absolute Gasteiger partial charge is 0.336 e. The average Bonchev–Trinajstić information content (AvgIpc) is 2.61. The Morgan fingerprint density at radius 1 is 0.655 bits per heavy atom. The Balaban J connectivity index is 0.000000527. The molecule has 4 N–H and O–H groups in total. The zero-order valence-electron chi connectivity index (χ0n) is 15.8. The first kappa shape index (κ1) is 26.0. The summed E-state index contributed by atoms with van der Waals surface area (Å²) in [6.45, 7) is 1.71. The average molecular weight is 481 g/mol. The second-order valence-electron chi connectivity index (χ2n) is 5.89. The Labute approximate surface area is 185 Å². The minimum absolute atomic E-state index is 0. The molecule has 0 aromatic heterocycles. The number of carbonyl (C=O) groups is 4. The van der Waals surface area contributed by atoms with E-state index in [2.05, 4.69) is 0 Å². The molecular formula is C19H19NO8Zr. The van der Waals surface area contributed by atoms with Gasteiger partial charge in [-0.2, -0.15) is 0 Å². The van der Waals surface area contributed by atoms with Crippen molar-refractivity contribution in [2.24, 2.45) is 0 Å². The number of aromatic carboxylic acids is 4. The predicted molar refractivity (Wildman–Crippen MR) is 99.8 cm³/mol. The van der Waals surface area contributed by atoms with E-state index >= 15 is 0 Å². The van der Waals surface area contributed by atoms with Gasteiger partial charge in [0.2, 0.25) is 0 Å². The first-order chi connectivity index (χ1) is 13.0. The Morgan fingerprint density at radius 3 is 1.41 bits per heavy atom. The molecule has 0 atom stereocenters. The number of aryl methyl sites for hydroxylation is 1. The first-order valence-electron chi connectivity index (χ1n) is 7.81. The largest absolute Gasteiger partial charge is 0.478 e. The zero-order valence-corrected chi connectivity index (χ0v) is 18.3. The molecule has 0 spiro atoms. The number of carboxylic acids is 4. The number of anilines is 1. The van der Waals surface area contributed by atoms with E-state index in [1.807, 2.05) is 0 Å². The number of hydrogen-bond acceptors (Lipinski definition) is 5. The van der Waals surface area contributed by atoms with Crippen LogP contribution in [0.5, 0.6) is 0 Å². The van der Waals surface area contributed by atoms with Crippen LogP contribution in [0.1, 0.15) is 47.0 Å². The summed E-state index contributed by atoms with van der Waals surface area (Å²) in [5.41, 5.74) is 0.618. The van der Waals surface area contributed by atoms with Gasteiger partial charge in [-0.3, -0.25) is 0 Å². The van der Waals surface area contributed by atoms with Gasteiger partial charge in [-0.25, -0.2) is 19.2 Å². The van der Waals surface area contributed by atoms with Crippen LogP contribution in [-0.4, -0.2) is 58.4 Å². The molecule has 0 fully saturated rings. The topological polar surface area (TPSA) is 152 Å². The molecule has 0 saturated heterocycles. The summed E-state index contributed by atoms with van der Waals surface area (Å²) in [7, 11) is 3.50. The van der Waals surface area contributed by atoms with Gasteiger partial charge in [0.05, 0.1) is 22.3 Å². The third kappa shape index (κ3) is 7.15. The van der Waals surface area contributed by atoms with Crippen LogP contribution in [0.4, 0.5) is 5.69 Å². The van der Waals surface area contributed by atoms with Gasteiger partial charge in [0, 0.05) is 46.0 Å². The molecule has 0 aliphatic heterocycles. The van der Waals surface area contributed by atoms with Crippen molar-refractivity contribution in [1.29, 1.82) is 0 Å². The second kappa shape index (κ2) is 11.1. The molecule has 0 saturated carbocycles. The monoisotopic (exact) mass is 479 g/mol. The van der Waals surface area contributed by atoms with Crippen molar-refractivity contribution in [2.75, 3.05) is 19.0 Å². The maximum absolute atomic E-state index is 10.8. The van der Waals surface area contributed by atoms with Crippen LogP contribution >= 0.6 is 0 Å². The van der Waals surface area contributed by atoms with Crippen LogP contribution in [-0.2, 0) is 26.2 Å². The minimum Gasteiger partial charge on any atom is -0.478 e. The number of nitrogens with zero attached hydrogens (tertiary/aromatic N) is 1. The molecule has 2 aromatic rings. The van der Waals surface area contributed by atoms with Gasteiger partial charge < -0.3 is 25.3 Å². The summed E-state index contributed by atoms with van der Waals surface area (Å²) in [4.78, 5) is 44.4. The molecule has 0 unspecified atom stereocenters. The first-order valence-corrected chi connectivity index (χ1v) is 7.81. The van der Waals surface area contributed by atoms with Crippen molar-refractivity contribution in [3.8, 4) is 0 Å². The second-order valence-corrected chi connectivity index (χ2v) is 5.89. The van der Waals surface area contributed by atoms with Gasteiger partial charge in [0.25, 0.3) is 0 Å². The molecule has 0 aliphatic rings. The van der Waals surface area contributed by atoms with Crippen molar-refractivity contribution in [1.82, 2.24) is 0 Å². The fourth-order valence-corrected chi connectivity index (χ4v) is 2.20. The van der Waals surface area contributed by atoms with E-state index in [0.29, 0.717) is 5.69 Å². The summed E-state index contributed by atoms with van der Waals surface area (Å²) < 4.78 is 0. The number of rotatable bonds is 5. The van der Waals surface area contributed by atoms with E-state index < -0.39 is 23.9 Å². The Kier molecular flexibility index (Phi) is 9.96. The van der Waals surface area contributed by atoms with E-state index in [-0.39, 0.29) is 48.5 Å². The van der Waals surface area contributed by atoms with Crippen LogP contribution in [0.2, 0.25) is 0 Å². The van der Waals surface area contributed by atoms with Crippen molar-refractivity contribution in [2.45, 2.75) is 6.92 Å². The molecular weight excluding hydrogens is 461 g/mol. The van der Waals surface area contributed by atoms with Crippen molar-refractivity contribution < 1.29 is 65.8 Å². The number of carboxylic acid groups (broad SMARTS) is 4. The fraction of sp³-hybridized carbons (Fsp3) is 0.158. The molecule has 0 radical (unpaired) electrons. The van der Waals surface area contributed by atoms with Gasteiger partial charge >= 0.3 is 23.9 Å². The van der Waals surface area contributed by atoms with Crippen LogP contribution in [0.3, 0.4) is 0 Å². The Bertz CT molecular complexity index is 940. The fourth-order valence-electron chi connectivity index (χ4n) is 2.20. The van der Waals surface area contributed by atoms with E-state index in [1.165, 1.54) is 24.3 Å². The molecule has 29 heavy (non-hydrogen) atoms. The van der Waals surface area contributed by atoms with Crippen LogP contribution in [0, 0.1) is 6.92 Å². The SMILES string of the molecule is CN(C)c1ccc(C(=O)O)c(C(=O)O)c1.Cc1ccc(C(=O)O)c(C(=O)O)c1.[Zr]. The third-order valence-electron chi connectivity index (χ3n) is 3.62. The van der Waals surface area contributed by atoms with E-state index in [1.54, 1.807) is 38.1 Å². The molecule has 9 nitrogen and oxygen atoms in total. The molecule has 152 valence electrons. The molecule has 0 amide bonds. The Morgan fingerprint density at radius 2 is 1.03 bits per heavy atom.